The number of carbonyl (C=O) groups is 1. The van der Waals surface area contributed by atoms with Crippen molar-refractivity contribution in [3.05, 3.63) is 23.5 Å². The Morgan fingerprint density at radius 1 is 1.21 bits per heavy atom. The van der Waals surface area contributed by atoms with E-state index in [0.717, 1.165) is 56.6 Å². The Balaban J connectivity index is 1.26. The van der Waals surface area contributed by atoms with Gasteiger partial charge >= 0.3 is 0 Å². The van der Waals surface area contributed by atoms with Crippen molar-refractivity contribution in [2.45, 2.75) is 44.7 Å². The first-order chi connectivity index (χ1) is 14.2. The third-order valence-corrected chi connectivity index (χ3v) is 6.15. The number of aliphatic imine (C=N–C) groups is 2. The molecule has 2 fully saturated rings. The van der Waals surface area contributed by atoms with Crippen LogP contribution in [0.1, 0.15) is 43.0 Å². The van der Waals surface area contributed by atoms with Crippen molar-refractivity contribution in [1.29, 1.82) is 0 Å². The van der Waals surface area contributed by atoms with Gasteiger partial charge in [-0.15, -0.1) is 0 Å². The summed E-state index contributed by atoms with van der Waals surface area (Å²) >= 11 is 0. The van der Waals surface area contributed by atoms with Crippen molar-refractivity contribution in [2.24, 2.45) is 9.98 Å². The molecule has 0 atom stereocenters. The van der Waals surface area contributed by atoms with Gasteiger partial charge in [-0.2, -0.15) is 0 Å². The van der Waals surface area contributed by atoms with Gasteiger partial charge in [-0.25, -0.2) is 9.98 Å². The van der Waals surface area contributed by atoms with E-state index < -0.39 is 0 Å². The van der Waals surface area contributed by atoms with E-state index in [1.807, 2.05) is 4.90 Å². The number of carbonyl (C=O) groups excluding carboxylic acids is 1. The van der Waals surface area contributed by atoms with Gasteiger partial charge in [0.05, 0.1) is 18.8 Å². The molecule has 0 bridgehead atoms. The minimum absolute atomic E-state index is 0.227. The Morgan fingerprint density at radius 3 is 2.76 bits per heavy atom. The van der Waals surface area contributed by atoms with Crippen LogP contribution < -0.4 is 0 Å². The lowest BCUT2D eigenvalue weighted by atomic mass is 10.1. The number of oxazole rings is 1. The van der Waals surface area contributed by atoms with Crippen LogP contribution in [0.25, 0.3) is 6.08 Å². The third-order valence-electron chi connectivity index (χ3n) is 6.15. The summed E-state index contributed by atoms with van der Waals surface area (Å²) in [6.07, 6.45) is 10.8. The minimum Gasteiger partial charge on any atom is -0.440 e. The molecule has 1 aliphatic carbocycles. The summed E-state index contributed by atoms with van der Waals surface area (Å²) in [5.74, 6) is 1.61. The molecule has 4 rings (SSSR count). The molecule has 0 unspecified atom stereocenters. The second-order valence-corrected chi connectivity index (χ2v) is 8.00. The summed E-state index contributed by atoms with van der Waals surface area (Å²) in [5, 5.41) is 0. The molecule has 156 valence electrons. The van der Waals surface area contributed by atoms with E-state index >= 15 is 0 Å². The van der Waals surface area contributed by atoms with E-state index in [4.69, 9.17) is 4.42 Å². The first-order valence-corrected chi connectivity index (χ1v) is 10.6. The van der Waals surface area contributed by atoms with Gasteiger partial charge in [-0.3, -0.25) is 19.6 Å². The van der Waals surface area contributed by atoms with Gasteiger partial charge in [0.15, 0.2) is 0 Å². The fraction of sp³-hybridized carbons (Fsp3) is 0.619. The maximum Gasteiger partial charge on any atom is 0.236 e. The monoisotopic (exact) mass is 398 g/mol. The molecule has 0 radical (unpaired) electrons. The Labute approximate surface area is 172 Å². The van der Waals surface area contributed by atoms with Crippen molar-refractivity contribution in [3.63, 3.8) is 0 Å². The second-order valence-electron chi connectivity index (χ2n) is 8.00. The standard InChI is InChI=1S/C21H30N6O2/c1-22-16-23-8-6-20-24-18-7-9-25(14-19(18)29-20)15-21(28)27-12-10-26(11-13-27)17-4-2-3-5-17/h6,8,16-17H,1-5,7,9-15H2/b8-6+,23-16?. The van der Waals surface area contributed by atoms with Gasteiger partial charge in [0.25, 0.3) is 0 Å². The lowest BCUT2D eigenvalue weighted by Crippen LogP contribution is -2.53. The van der Waals surface area contributed by atoms with Gasteiger partial charge in [0.1, 0.15) is 12.1 Å². The lowest BCUT2D eigenvalue weighted by Gasteiger charge is -2.38. The number of hydrogen-bond acceptors (Lipinski definition) is 6. The molecule has 1 saturated heterocycles. The van der Waals surface area contributed by atoms with Crippen molar-refractivity contribution in [1.82, 2.24) is 19.7 Å². The van der Waals surface area contributed by atoms with Crippen LogP contribution in [-0.2, 0) is 17.8 Å². The van der Waals surface area contributed by atoms with E-state index in [1.165, 1.54) is 32.0 Å². The van der Waals surface area contributed by atoms with Gasteiger partial charge in [0.2, 0.25) is 11.8 Å². The molecule has 8 nitrogen and oxygen atoms in total. The van der Waals surface area contributed by atoms with Gasteiger partial charge in [0, 0.05) is 57.5 Å². The highest BCUT2D eigenvalue weighted by Crippen LogP contribution is 2.24. The molecule has 0 N–H and O–H groups in total. The summed E-state index contributed by atoms with van der Waals surface area (Å²) in [4.78, 5) is 31.5. The zero-order valence-electron chi connectivity index (χ0n) is 17.0. The van der Waals surface area contributed by atoms with Gasteiger partial charge in [-0.1, -0.05) is 12.8 Å². The highest BCUT2D eigenvalue weighted by Gasteiger charge is 2.29. The quantitative estimate of drug-likeness (QED) is 0.540. The van der Waals surface area contributed by atoms with E-state index in [2.05, 4.69) is 31.5 Å². The predicted octanol–water partition coefficient (Wildman–Crippen LogP) is 1.82. The largest absolute Gasteiger partial charge is 0.440 e. The summed E-state index contributed by atoms with van der Waals surface area (Å²) in [7, 11) is 0. The molecule has 0 spiro atoms. The molecule has 29 heavy (non-hydrogen) atoms. The average molecular weight is 399 g/mol. The number of fused-ring (bicyclic) bond motifs is 1. The van der Waals surface area contributed by atoms with Crippen LogP contribution in [0, 0.1) is 0 Å². The first-order valence-electron chi connectivity index (χ1n) is 10.6. The SMILES string of the molecule is C=NC=N/C=C/c1nc2c(o1)CN(CC(=O)N1CCN(C3CCCC3)CC1)CC2. The van der Waals surface area contributed by atoms with Crippen LogP contribution in [0.4, 0.5) is 0 Å². The molecule has 1 aromatic rings. The average Bonchev–Trinajstić information content (AvgIpc) is 3.41. The number of piperazine rings is 1. The Morgan fingerprint density at radius 2 is 2.00 bits per heavy atom. The van der Waals surface area contributed by atoms with Crippen LogP contribution in [0.2, 0.25) is 0 Å². The van der Waals surface area contributed by atoms with Crippen LogP contribution in [0.3, 0.4) is 0 Å². The fourth-order valence-electron chi connectivity index (χ4n) is 4.56. The lowest BCUT2D eigenvalue weighted by molar-refractivity contribution is -0.134. The van der Waals surface area contributed by atoms with E-state index in [9.17, 15) is 4.79 Å². The number of hydrogen-bond donors (Lipinski definition) is 0. The molecule has 2 aliphatic heterocycles. The molecule has 1 aromatic heterocycles. The highest BCUT2D eigenvalue weighted by atomic mass is 16.4. The molecule has 1 saturated carbocycles. The Hall–Kier alpha value is -2.32. The minimum atomic E-state index is 0.227. The van der Waals surface area contributed by atoms with Crippen LogP contribution in [0.15, 0.2) is 20.6 Å². The smallest absolute Gasteiger partial charge is 0.236 e. The van der Waals surface area contributed by atoms with Crippen LogP contribution in [-0.4, -0.2) is 84.0 Å². The maximum atomic E-state index is 12.8. The zero-order chi connectivity index (χ0) is 20.1. The number of aromatic nitrogens is 1. The van der Waals surface area contributed by atoms with Crippen molar-refractivity contribution < 1.29 is 9.21 Å². The Kier molecular flexibility index (Phi) is 6.51. The number of rotatable bonds is 6. The normalized spacial score (nSPS) is 22.0. The first kappa shape index (κ1) is 20.0. The van der Waals surface area contributed by atoms with E-state index in [1.54, 1.807) is 12.3 Å². The molecule has 8 heteroatoms. The highest BCUT2D eigenvalue weighted by molar-refractivity contribution is 5.78. The Bertz CT molecular complexity index is 772. The summed E-state index contributed by atoms with van der Waals surface area (Å²) in [6.45, 7) is 8.98. The van der Waals surface area contributed by atoms with Gasteiger partial charge in [-0.05, 0) is 19.6 Å². The van der Waals surface area contributed by atoms with E-state index in [0.29, 0.717) is 19.0 Å². The van der Waals surface area contributed by atoms with Crippen molar-refractivity contribution in [2.75, 3.05) is 39.3 Å². The van der Waals surface area contributed by atoms with Crippen molar-refractivity contribution in [3.8, 4) is 0 Å². The summed E-state index contributed by atoms with van der Waals surface area (Å²) in [5.41, 5.74) is 0.976. The number of amides is 1. The topological polar surface area (TPSA) is 77.5 Å². The molecular weight excluding hydrogens is 368 g/mol. The maximum absolute atomic E-state index is 12.8. The number of nitrogens with zero attached hydrogens (tertiary/aromatic N) is 6. The molecule has 3 heterocycles. The van der Waals surface area contributed by atoms with Crippen molar-refractivity contribution >= 4 is 25.0 Å². The summed E-state index contributed by atoms with van der Waals surface area (Å²) in [6, 6.07) is 0.751. The van der Waals surface area contributed by atoms with Gasteiger partial charge < -0.3 is 9.32 Å². The predicted molar refractivity (Wildman–Crippen MR) is 113 cm³/mol. The molecular formula is C21H30N6O2. The van der Waals surface area contributed by atoms with Crippen LogP contribution in [0.5, 0.6) is 0 Å². The fourth-order valence-corrected chi connectivity index (χ4v) is 4.56. The summed E-state index contributed by atoms with van der Waals surface area (Å²) < 4.78 is 5.82. The zero-order valence-corrected chi connectivity index (χ0v) is 17.0. The second kappa shape index (κ2) is 9.45. The molecule has 3 aliphatic rings. The third kappa shape index (κ3) is 5.00. The van der Waals surface area contributed by atoms with Crippen LogP contribution >= 0.6 is 0 Å². The van der Waals surface area contributed by atoms with E-state index in [-0.39, 0.29) is 5.91 Å². The molecule has 0 aromatic carbocycles. The molecule has 1 amide bonds.